The van der Waals surface area contributed by atoms with E-state index in [9.17, 15) is 18.0 Å². The summed E-state index contributed by atoms with van der Waals surface area (Å²) < 4.78 is 52.6. The number of benzene rings is 2. The van der Waals surface area contributed by atoms with Crippen LogP contribution in [-0.2, 0) is 15.7 Å². The van der Waals surface area contributed by atoms with Crippen molar-refractivity contribution in [3.8, 4) is 23.3 Å². The van der Waals surface area contributed by atoms with E-state index in [1.165, 1.54) is 7.11 Å². The lowest BCUT2D eigenvalue weighted by atomic mass is 9.83. The van der Waals surface area contributed by atoms with Crippen molar-refractivity contribution < 1.29 is 27.4 Å². The molecule has 41 heavy (non-hydrogen) atoms. The number of rotatable bonds is 7. The Morgan fingerprint density at radius 1 is 1.12 bits per heavy atom. The summed E-state index contributed by atoms with van der Waals surface area (Å²) in [6, 6.07) is 10.7. The van der Waals surface area contributed by atoms with E-state index in [-0.39, 0.29) is 36.3 Å². The maximum atomic E-state index is 13.3. The van der Waals surface area contributed by atoms with Gasteiger partial charge in [-0.05, 0) is 61.1 Å². The van der Waals surface area contributed by atoms with Crippen molar-refractivity contribution in [3.05, 3.63) is 77.4 Å². The highest BCUT2D eigenvalue weighted by molar-refractivity contribution is 5.69. The summed E-state index contributed by atoms with van der Waals surface area (Å²) in [5.41, 5.74) is 2.69. The van der Waals surface area contributed by atoms with E-state index >= 15 is 0 Å². The predicted molar refractivity (Wildman–Crippen MR) is 150 cm³/mol. The summed E-state index contributed by atoms with van der Waals surface area (Å²) in [6.07, 6.45) is 0.807. The number of hydrogen-bond donors (Lipinski definition) is 0. The van der Waals surface area contributed by atoms with Crippen molar-refractivity contribution in [3.63, 3.8) is 0 Å². The van der Waals surface area contributed by atoms with Crippen molar-refractivity contribution in [1.29, 1.82) is 0 Å². The van der Waals surface area contributed by atoms with Crippen molar-refractivity contribution >= 4 is 5.97 Å². The van der Waals surface area contributed by atoms with Crippen LogP contribution in [0.4, 0.5) is 13.2 Å². The second-order valence-electron chi connectivity index (χ2n) is 10.7. The zero-order chi connectivity index (χ0) is 29.7. The minimum Gasteiger partial charge on any atom is -0.495 e. The Balaban J connectivity index is 1.77. The SMILES string of the molecule is COC(=O)CC1CCN(C(C#CC(C)C)c2ccc(-n3cnc(C)c3)c(OC)c2)C(c2ccc(C(F)(F)F)cc2)C1. The van der Waals surface area contributed by atoms with E-state index in [1.54, 1.807) is 25.6 Å². The first-order chi connectivity index (χ1) is 19.5. The molecule has 0 amide bonds. The molecule has 0 bridgehead atoms. The van der Waals surface area contributed by atoms with Gasteiger partial charge in [-0.15, -0.1) is 0 Å². The van der Waals surface area contributed by atoms with Crippen molar-refractivity contribution in [2.45, 2.75) is 58.3 Å². The number of methoxy groups -OCH3 is 2. The molecule has 1 aliphatic heterocycles. The number of likely N-dealkylation sites (tertiary alicyclic amines) is 1. The van der Waals surface area contributed by atoms with E-state index in [2.05, 4.69) is 21.7 Å². The van der Waals surface area contributed by atoms with Crippen LogP contribution in [0.25, 0.3) is 5.69 Å². The largest absolute Gasteiger partial charge is 0.495 e. The summed E-state index contributed by atoms with van der Waals surface area (Å²) in [6.45, 7) is 6.56. The third-order valence-electron chi connectivity index (χ3n) is 7.41. The average molecular weight is 568 g/mol. The van der Waals surface area contributed by atoms with Crippen LogP contribution >= 0.6 is 0 Å². The highest BCUT2D eigenvalue weighted by Crippen LogP contribution is 2.42. The molecule has 1 saturated heterocycles. The molecular formula is C32H36F3N3O3. The molecule has 3 atom stereocenters. The Labute approximate surface area is 239 Å². The number of piperidine rings is 1. The fraction of sp³-hybridized carbons (Fsp3) is 0.438. The molecule has 0 N–H and O–H groups in total. The number of hydrogen-bond acceptors (Lipinski definition) is 5. The summed E-state index contributed by atoms with van der Waals surface area (Å²) in [5.74, 6) is 7.28. The Bertz CT molecular complexity index is 1400. The van der Waals surface area contributed by atoms with Crippen molar-refractivity contribution in [1.82, 2.24) is 14.5 Å². The summed E-state index contributed by atoms with van der Waals surface area (Å²) in [4.78, 5) is 18.7. The Morgan fingerprint density at radius 2 is 1.85 bits per heavy atom. The number of nitrogens with zero attached hydrogens (tertiary/aromatic N) is 3. The number of aryl methyl sites for hydroxylation is 1. The number of ether oxygens (including phenoxy) is 2. The fourth-order valence-corrected chi connectivity index (χ4v) is 5.33. The molecule has 2 heterocycles. The monoisotopic (exact) mass is 567 g/mol. The van der Waals surface area contributed by atoms with Gasteiger partial charge in [-0.2, -0.15) is 13.2 Å². The summed E-state index contributed by atoms with van der Waals surface area (Å²) >= 11 is 0. The van der Waals surface area contributed by atoms with Crippen molar-refractivity contribution in [2.75, 3.05) is 20.8 Å². The van der Waals surface area contributed by atoms with Gasteiger partial charge in [0.15, 0.2) is 0 Å². The number of carbonyl (C=O) groups is 1. The number of esters is 1. The molecule has 1 aliphatic rings. The molecule has 0 radical (unpaired) electrons. The first-order valence-corrected chi connectivity index (χ1v) is 13.7. The van der Waals surface area contributed by atoms with E-state index in [1.807, 2.05) is 49.7 Å². The zero-order valence-electron chi connectivity index (χ0n) is 24.0. The number of imidazole rings is 1. The van der Waals surface area contributed by atoms with Crippen LogP contribution in [0.2, 0.25) is 0 Å². The minimum atomic E-state index is -4.42. The normalized spacial score (nSPS) is 18.5. The van der Waals surface area contributed by atoms with Crippen LogP contribution in [0, 0.1) is 30.6 Å². The lowest BCUT2D eigenvalue weighted by Gasteiger charge is -2.43. The molecule has 3 unspecified atom stereocenters. The third kappa shape index (κ3) is 7.31. The zero-order valence-corrected chi connectivity index (χ0v) is 24.0. The predicted octanol–water partition coefficient (Wildman–Crippen LogP) is 6.93. The molecular weight excluding hydrogens is 531 g/mol. The molecule has 2 aromatic carbocycles. The Morgan fingerprint density at radius 3 is 2.44 bits per heavy atom. The van der Waals surface area contributed by atoms with Gasteiger partial charge in [0.1, 0.15) is 5.75 Å². The minimum absolute atomic E-state index is 0.0334. The molecule has 4 rings (SSSR count). The molecule has 218 valence electrons. The standard InChI is InChI=1S/C32H36F3N3O3/c1-21(2)6-12-27(25-9-13-28(30(18-25)40-4)37-19-22(3)36-20-37)38-15-14-23(17-31(39)41-5)16-29(38)24-7-10-26(11-8-24)32(33,34)35/h7-11,13,18-21,23,27,29H,14-17H2,1-5H3. The third-order valence-corrected chi connectivity index (χ3v) is 7.41. The van der Waals surface area contributed by atoms with Crippen LogP contribution < -0.4 is 4.74 Å². The molecule has 3 aromatic rings. The molecule has 9 heteroatoms. The van der Waals surface area contributed by atoms with Gasteiger partial charge >= 0.3 is 12.1 Å². The fourth-order valence-electron chi connectivity index (χ4n) is 5.33. The average Bonchev–Trinajstić information content (AvgIpc) is 3.38. The molecule has 0 spiro atoms. The van der Waals surface area contributed by atoms with Crippen LogP contribution in [0.1, 0.15) is 67.6 Å². The van der Waals surface area contributed by atoms with E-state index in [0.29, 0.717) is 18.7 Å². The quantitative estimate of drug-likeness (QED) is 0.229. The van der Waals surface area contributed by atoms with Gasteiger partial charge in [0, 0.05) is 31.1 Å². The van der Waals surface area contributed by atoms with Gasteiger partial charge in [0.05, 0.1) is 43.5 Å². The first-order valence-electron chi connectivity index (χ1n) is 13.7. The van der Waals surface area contributed by atoms with Gasteiger partial charge in [0.25, 0.3) is 0 Å². The molecule has 0 saturated carbocycles. The first kappa shape index (κ1) is 30.2. The van der Waals surface area contributed by atoms with Gasteiger partial charge in [-0.1, -0.05) is 43.9 Å². The second kappa shape index (κ2) is 12.8. The van der Waals surface area contributed by atoms with Crippen molar-refractivity contribution in [2.24, 2.45) is 11.8 Å². The van der Waals surface area contributed by atoms with Crippen LogP contribution in [0.15, 0.2) is 55.0 Å². The maximum Gasteiger partial charge on any atom is 0.416 e. The Hall–Kier alpha value is -3.77. The van der Waals surface area contributed by atoms with E-state index in [4.69, 9.17) is 9.47 Å². The van der Waals surface area contributed by atoms with E-state index < -0.39 is 11.7 Å². The lowest BCUT2D eigenvalue weighted by Crippen LogP contribution is -2.39. The Kier molecular flexibility index (Phi) is 9.44. The topological polar surface area (TPSA) is 56.6 Å². The lowest BCUT2D eigenvalue weighted by molar-refractivity contribution is -0.142. The second-order valence-corrected chi connectivity index (χ2v) is 10.7. The van der Waals surface area contributed by atoms with Gasteiger partial charge in [-0.3, -0.25) is 9.69 Å². The molecule has 0 aliphatic carbocycles. The number of aromatic nitrogens is 2. The van der Waals surface area contributed by atoms with Gasteiger partial charge in [0.2, 0.25) is 0 Å². The van der Waals surface area contributed by atoms with Crippen LogP contribution in [-0.4, -0.2) is 41.2 Å². The molecule has 6 nitrogen and oxygen atoms in total. The van der Waals surface area contributed by atoms with Gasteiger partial charge in [-0.25, -0.2) is 4.98 Å². The van der Waals surface area contributed by atoms with Crippen LogP contribution in [0.3, 0.4) is 0 Å². The smallest absolute Gasteiger partial charge is 0.416 e. The van der Waals surface area contributed by atoms with Crippen LogP contribution in [0.5, 0.6) is 5.75 Å². The van der Waals surface area contributed by atoms with Gasteiger partial charge < -0.3 is 14.0 Å². The number of alkyl halides is 3. The maximum absolute atomic E-state index is 13.3. The molecule has 1 fully saturated rings. The van der Waals surface area contributed by atoms with E-state index in [0.717, 1.165) is 41.1 Å². The molecule has 1 aromatic heterocycles. The number of halogens is 3. The summed E-state index contributed by atoms with van der Waals surface area (Å²) in [7, 11) is 2.98. The summed E-state index contributed by atoms with van der Waals surface area (Å²) in [5, 5.41) is 0. The highest BCUT2D eigenvalue weighted by atomic mass is 19.4. The highest BCUT2D eigenvalue weighted by Gasteiger charge is 2.36. The number of carbonyl (C=O) groups excluding carboxylic acids is 1.